The number of rotatable bonds is 2. The lowest BCUT2D eigenvalue weighted by Gasteiger charge is -2.25. The molecule has 0 amide bonds. The summed E-state index contributed by atoms with van der Waals surface area (Å²) in [5.41, 5.74) is 7.42. The average molecular weight is 220 g/mol. The minimum absolute atomic E-state index is 0.0173. The van der Waals surface area contributed by atoms with Gasteiger partial charge in [0.05, 0.1) is 12.2 Å². The van der Waals surface area contributed by atoms with Gasteiger partial charge in [-0.15, -0.1) is 0 Å². The number of pyridine rings is 1. The quantitative estimate of drug-likeness (QED) is 0.830. The molecule has 1 aromatic rings. The summed E-state index contributed by atoms with van der Waals surface area (Å²) in [6.45, 7) is 6.45. The Labute approximate surface area is 97.0 Å². The molecule has 1 fully saturated rings. The minimum atomic E-state index is 0.0173. The zero-order valence-electron chi connectivity index (χ0n) is 10.1. The molecular weight excluding hydrogens is 200 g/mol. The van der Waals surface area contributed by atoms with E-state index < -0.39 is 0 Å². The van der Waals surface area contributed by atoms with Gasteiger partial charge in [0.2, 0.25) is 0 Å². The molecule has 5 unspecified atom stereocenters. The average Bonchev–Trinajstić information content (AvgIpc) is 2.54. The standard InChI is InChI=1S/C13H20N2O/c1-8-9(2)16-10(3)12(8)13(14)11-5-4-6-15-7-11/h4-10,12-13H,14H2,1-3H3. The number of nitrogens with zero attached hydrogens (tertiary/aromatic N) is 1. The number of nitrogens with two attached hydrogens (primary N) is 1. The van der Waals surface area contributed by atoms with Crippen molar-refractivity contribution >= 4 is 0 Å². The first-order valence-corrected chi connectivity index (χ1v) is 5.92. The predicted octanol–water partition coefficient (Wildman–Crippen LogP) is 2.14. The molecule has 1 saturated heterocycles. The summed E-state index contributed by atoms with van der Waals surface area (Å²) in [5, 5.41) is 0. The highest BCUT2D eigenvalue weighted by molar-refractivity contribution is 5.16. The molecular formula is C13H20N2O. The molecule has 1 aromatic heterocycles. The smallest absolute Gasteiger partial charge is 0.0600 e. The van der Waals surface area contributed by atoms with Gasteiger partial charge in [0.15, 0.2) is 0 Å². The van der Waals surface area contributed by atoms with E-state index in [1.807, 2.05) is 18.3 Å². The van der Waals surface area contributed by atoms with Crippen LogP contribution >= 0.6 is 0 Å². The number of hydrogen-bond acceptors (Lipinski definition) is 3. The SMILES string of the molecule is CC1OC(C)C(C(N)c2cccnc2)C1C. The van der Waals surface area contributed by atoms with Gasteiger partial charge in [-0.3, -0.25) is 4.98 Å². The highest BCUT2D eigenvalue weighted by atomic mass is 16.5. The van der Waals surface area contributed by atoms with E-state index in [1.165, 1.54) is 0 Å². The molecule has 88 valence electrons. The van der Waals surface area contributed by atoms with Crippen molar-refractivity contribution in [2.24, 2.45) is 17.6 Å². The number of hydrogen-bond donors (Lipinski definition) is 1. The van der Waals surface area contributed by atoms with Crippen molar-refractivity contribution in [2.45, 2.75) is 39.0 Å². The molecule has 3 heteroatoms. The fourth-order valence-corrected chi connectivity index (χ4v) is 2.71. The normalized spacial score (nSPS) is 36.2. The highest BCUT2D eigenvalue weighted by Crippen LogP contribution is 2.39. The van der Waals surface area contributed by atoms with Crippen molar-refractivity contribution in [3.05, 3.63) is 30.1 Å². The van der Waals surface area contributed by atoms with E-state index in [-0.39, 0.29) is 12.1 Å². The van der Waals surface area contributed by atoms with Crippen LogP contribution in [0.25, 0.3) is 0 Å². The number of aromatic nitrogens is 1. The summed E-state index contributed by atoms with van der Waals surface area (Å²) in [4.78, 5) is 4.13. The van der Waals surface area contributed by atoms with Crippen molar-refractivity contribution in [2.75, 3.05) is 0 Å². The molecule has 16 heavy (non-hydrogen) atoms. The molecule has 0 aromatic carbocycles. The Hall–Kier alpha value is -0.930. The zero-order valence-corrected chi connectivity index (χ0v) is 10.1. The van der Waals surface area contributed by atoms with Crippen LogP contribution < -0.4 is 5.73 Å². The Balaban J connectivity index is 2.19. The van der Waals surface area contributed by atoms with Crippen molar-refractivity contribution < 1.29 is 4.74 Å². The molecule has 0 bridgehead atoms. The Bertz CT molecular complexity index is 341. The highest BCUT2D eigenvalue weighted by Gasteiger charge is 2.40. The molecule has 2 heterocycles. The Morgan fingerprint density at radius 2 is 2.06 bits per heavy atom. The van der Waals surface area contributed by atoms with Gasteiger partial charge in [-0.05, 0) is 31.4 Å². The van der Waals surface area contributed by atoms with Crippen LogP contribution in [0.5, 0.6) is 0 Å². The van der Waals surface area contributed by atoms with Crippen LogP contribution in [0.1, 0.15) is 32.4 Å². The second-order valence-electron chi connectivity index (χ2n) is 4.79. The van der Waals surface area contributed by atoms with E-state index in [2.05, 4.69) is 25.8 Å². The van der Waals surface area contributed by atoms with Crippen LogP contribution in [0.3, 0.4) is 0 Å². The van der Waals surface area contributed by atoms with Crippen molar-refractivity contribution in [3.8, 4) is 0 Å². The summed E-state index contributed by atoms with van der Waals surface area (Å²) >= 11 is 0. The summed E-state index contributed by atoms with van der Waals surface area (Å²) in [7, 11) is 0. The van der Waals surface area contributed by atoms with Crippen molar-refractivity contribution in [1.29, 1.82) is 0 Å². The van der Waals surface area contributed by atoms with Gasteiger partial charge in [0.25, 0.3) is 0 Å². The van der Waals surface area contributed by atoms with E-state index in [0.717, 1.165) is 5.56 Å². The lowest BCUT2D eigenvalue weighted by molar-refractivity contribution is 0.0489. The van der Waals surface area contributed by atoms with Crippen LogP contribution in [-0.2, 0) is 4.74 Å². The van der Waals surface area contributed by atoms with Gasteiger partial charge in [-0.1, -0.05) is 13.0 Å². The number of ether oxygens (including phenoxy) is 1. The van der Waals surface area contributed by atoms with Crippen molar-refractivity contribution in [3.63, 3.8) is 0 Å². The Morgan fingerprint density at radius 1 is 1.31 bits per heavy atom. The van der Waals surface area contributed by atoms with Crippen LogP contribution in [0.15, 0.2) is 24.5 Å². The lowest BCUT2D eigenvalue weighted by atomic mass is 9.81. The largest absolute Gasteiger partial charge is 0.375 e. The van der Waals surface area contributed by atoms with E-state index in [0.29, 0.717) is 17.9 Å². The molecule has 0 spiro atoms. The van der Waals surface area contributed by atoms with Gasteiger partial charge >= 0.3 is 0 Å². The molecule has 2 rings (SSSR count). The van der Waals surface area contributed by atoms with Gasteiger partial charge in [-0.25, -0.2) is 0 Å². The third-order valence-electron chi connectivity index (χ3n) is 3.80. The van der Waals surface area contributed by atoms with Crippen LogP contribution in [-0.4, -0.2) is 17.2 Å². The van der Waals surface area contributed by atoms with Gasteiger partial charge < -0.3 is 10.5 Å². The molecule has 1 aliphatic heterocycles. The van der Waals surface area contributed by atoms with Gasteiger partial charge in [-0.2, -0.15) is 0 Å². The van der Waals surface area contributed by atoms with E-state index in [4.69, 9.17) is 10.5 Å². The maximum Gasteiger partial charge on any atom is 0.0600 e. The van der Waals surface area contributed by atoms with Crippen LogP contribution in [0.4, 0.5) is 0 Å². The minimum Gasteiger partial charge on any atom is -0.375 e. The first kappa shape index (κ1) is 11.6. The molecule has 0 radical (unpaired) electrons. The maximum atomic E-state index is 6.32. The monoisotopic (exact) mass is 220 g/mol. The van der Waals surface area contributed by atoms with Gasteiger partial charge in [0.1, 0.15) is 0 Å². The first-order chi connectivity index (χ1) is 7.61. The lowest BCUT2D eigenvalue weighted by Crippen LogP contribution is -2.30. The Morgan fingerprint density at radius 3 is 2.56 bits per heavy atom. The second kappa shape index (κ2) is 4.52. The molecule has 3 nitrogen and oxygen atoms in total. The second-order valence-corrected chi connectivity index (χ2v) is 4.79. The summed E-state index contributed by atoms with van der Waals surface area (Å²) in [6, 6.07) is 3.99. The Kier molecular flexibility index (Phi) is 3.26. The fourth-order valence-electron chi connectivity index (χ4n) is 2.71. The molecule has 0 saturated carbocycles. The zero-order chi connectivity index (χ0) is 11.7. The van der Waals surface area contributed by atoms with E-state index in [9.17, 15) is 0 Å². The molecule has 1 aliphatic rings. The van der Waals surface area contributed by atoms with Crippen LogP contribution in [0, 0.1) is 11.8 Å². The van der Waals surface area contributed by atoms with E-state index >= 15 is 0 Å². The topological polar surface area (TPSA) is 48.1 Å². The molecule has 2 N–H and O–H groups in total. The third-order valence-corrected chi connectivity index (χ3v) is 3.80. The third kappa shape index (κ3) is 1.97. The summed E-state index contributed by atoms with van der Waals surface area (Å²) in [6.07, 6.45) is 4.15. The summed E-state index contributed by atoms with van der Waals surface area (Å²) in [5.74, 6) is 0.865. The van der Waals surface area contributed by atoms with E-state index in [1.54, 1.807) is 6.20 Å². The maximum absolute atomic E-state index is 6.32. The molecule has 0 aliphatic carbocycles. The van der Waals surface area contributed by atoms with Gasteiger partial charge in [0, 0.05) is 24.4 Å². The van der Waals surface area contributed by atoms with Crippen molar-refractivity contribution in [1.82, 2.24) is 4.98 Å². The molecule has 5 atom stereocenters. The predicted molar refractivity (Wildman–Crippen MR) is 63.8 cm³/mol. The van der Waals surface area contributed by atoms with Crippen LogP contribution in [0.2, 0.25) is 0 Å². The first-order valence-electron chi connectivity index (χ1n) is 5.92. The fraction of sp³-hybridized carbons (Fsp3) is 0.615. The summed E-state index contributed by atoms with van der Waals surface area (Å²) < 4.78 is 5.83.